The number of hydrogen-bond donors (Lipinski definition) is 1. The van der Waals surface area contributed by atoms with Crippen molar-refractivity contribution in [1.82, 2.24) is 10.2 Å². The normalized spacial score (nSPS) is 17.9. The van der Waals surface area contributed by atoms with Crippen molar-refractivity contribution < 1.29 is 19.0 Å². The number of piperidine rings is 1. The Bertz CT molecular complexity index is 642. The fourth-order valence-electron chi connectivity index (χ4n) is 3.14. The van der Waals surface area contributed by atoms with Crippen LogP contribution in [0.2, 0.25) is 0 Å². The number of nitrogens with one attached hydrogen (secondary N) is 1. The molecule has 2 atom stereocenters. The molecule has 0 radical (unpaired) electrons. The van der Waals surface area contributed by atoms with Gasteiger partial charge >= 0.3 is 5.97 Å². The van der Waals surface area contributed by atoms with Crippen LogP contribution in [0.3, 0.4) is 0 Å². The third-order valence-electron chi connectivity index (χ3n) is 4.48. The molecule has 1 aromatic rings. The summed E-state index contributed by atoms with van der Waals surface area (Å²) in [6, 6.07) is 7.55. The van der Waals surface area contributed by atoms with Gasteiger partial charge in [0.15, 0.2) is 5.96 Å². The summed E-state index contributed by atoms with van der Waals surface area (Å²) >= 11 is 0. The second kappa shape index (κ2) is 12.7. The van der Waals surface area contributed by atoms with Crippen LogP contribution < -0.4 is 14.8 Å². The summed E-state index contributed by atoms with van der Waals surface area (Å²) in [7, 11) is 3.39. The number of carbonyl (C=O) groups excluding carboxylic acids is 1. The van der Waals surface area contributed by atoms with Gasteiger partial charge in [-0.05, 0) is 38.8 Å². The standard InChI is InChI=1S/C20H31N3O4.HI/c1-5-26-19(24)16-8-7-11-23(14-16)20(21-3)22-13-15(2)27-18-10-6-9-17(12-18)25-4;/h6,9-10,12,15-16H,5,7-8,11,13-14H2,1-4H3,(H,21,22);1H. The maximum atomic E-state index is 12.0. The van der Waals surface area contributed by atoms with E-state index in [2.05, 4.69) is 15.2 Å². The van der Waals surface area contributed by atoms with Crippen LogP contribution in [-0.2, 0) is 9.53 Å². The molecule has 7 nitrogen and oxygen atoms in total. The summed E-state index contributed by atoms with van der Waals surface area (Å²) in [4.78, 5) is 18.5. The minimum absolute atomic E-state index is 0. The second-order valence-corrected chi connectivity index (χ2v) is 6.57. The van der Waals surface area contributed by atoms with E-state index >= 15 is 0 Å². The predicted molar refractivity (Wildman–Crippen MR) is 121 cm³/mol. The highest BCUT2D eigenvalue weighted by atomic mass is 127. The topological polar surface area (TPSA) is 72.4 Å². The van der Waals surface area contributed by atoms with Crippen LogP contribution in [0.15, 0.2) is 29.3 Å². The number of methoxy groups -OCH3 is 1. The van der Waals surface area contributed by atoms with Crippen molar-refractivity contribution >= 4 is 35.9 Å². The van der Waals surface area contributed by atoms with Crippen LogP contribution in [0, 0.1) is 5.92 Å². The summed E-state index contributed by atoms with van der Waals surface area (Å²) in [5, 5.41) is 3.35. The Morgan fingerprint density at radius 2 is 2.14 bits per heavy atom. The lowest BCUT2D eigenvalue weighted by molar-refractivity contribution is -0.149. The number of nitrogens with zero attached hydrogens (tertiary/aromatic N) is 2. The van der Waals surface area contributed by atoms with Crippen molar-refractivity contribution in [3.8, 4) is 11.5 Å². The van der Waals surface area contributed by atoms with Crippen LogP contribution in [0.25, 0.3) is 0 Å². The maximum absolute atomic E-state index is 12.0. The van der Waals surface area contributed by atoms with E-state index in [9.17, 15) is 4.79 Å². The molecule has 0 amide bonds. The summed E-state index contributed by atoms with van der Waals surface area (Å²) in [6.07, 6.45) is 1.75. The largest absolute Gasteiger partial charge is 0.497 e. The Kier molecular flexibility index (Phi) is 11.0. The molecule has 158 valence electrons. The first-order chi connectivity index (χ1) is 13.1. The van der Waals surface area contributed by atoms with Gasteiger partial charge in [-0.2, -0.15) is 0 Å². The average molecular weight is 505 g/mol. The Balaban J connectivity index is 0.00000392. The van der Waals surface area contributed by atoms with Crippen molar-refractivity contribution in [1.29, 1.82) is 0 Å². The molecule has 0 aromatic heterocycles. The highest BCUT2D eigenvalue weighted by molar-refractivity contribution is 14.0. The van der Waals surface area contributed by atoms with Gasteiger partial charge in [0.1, 0.15) is 17.6 Å². The van der Waals surface area contributed by atoms with Crippen molar-refractivity contribution in [2.24, 2.45) is 10.9 Å². The highest BCUT2D eigenvalue weighted by Crippen LogP contribution is 2.20. The van der Waals surface area contributed by atoms with Gasteiger partial charge in [0.05, 0.1) is 26.2 Å². The van der Waals surface area contributed by atoms with Crippen LogP contribution >= 0.6 is 24.0 Å². The molecule has 0 saturated carbocycles. The van der Waals surface area contributed by atoms with Gasteiger partial charge in [0.2, 0.25) is 0 Å². The van der Waals surface area contributed by atoms with Gasteiger partial charge < -0.3 is 24.4 Å². The number of esters is 1. The first kappa shape index (κ1) is 24.3. The molecule has 1 aliphatic heterocycles. The summed E-state index contributed by atoms with van der Waals surface area (Å²) < 4.78 is 16.3. The number of rotatable bonds is 7. The maximum Gasteiger partial charge on any atom is 0.310 e. The molecule has 1 aromatic carbocycles. The average Bonchev–Trinajstić information content (AvgIpc) is 2.69. The van der Waals surface area contributed by atoms with E-state index in [4.69, 9.17) is 14.2 Å². The van der Waals surface area contributed by atoms with E-state index in [1.165, 1.54) is 0 Å². The van der Waals surface area contributed by atoms with Gasteiger partial charge in [0, 0.05) is 26.2 Å². The first-order valence-electron chi connectivity index (χ1n) is 9.50. The Morgan fingerprint density at radius 3 is 2.82 bits per heavy atom. The molecule has 2 rings (SSSR count). The predicted octanol–water partition coefficient (Wildman–Crippen LogP) is 2.93. The molecule has 1 saturated heterocycles. The van der Waals surface area contributed by atoms with Crippen LogP contribution in [0.4, 0.5) is 0 Å². The van der Waals surface area contributed by atoms with E-state index < -0.39 is 0 Å². The summed E-state index contributed by atoms with van der Waals surface area (Å²) in [5.41, 5.74) is 0. The molecule has 1 fully saturated rings. The Hall–Kier alpha value is -1.71. The summed E-state index contributed by atoms with van der Waals surface area (Å²) in [6.45, 7) is 6.36. The Labute approximate surface area is 184 Å². The van der Waals surface area contributed by atoms with Crippen molar-refractivity contribution in [3.05, 3.63) is 24.3 Å². The number of ether oxygens (including phenoxy) is 3. The summed E-state index contributed by atoms with van der Waals surface area (Å²) in [5.74, 6) is 2.10. The van der Waals surface area contributed by atoms with Gasteiger partial charge in [-0.15, -0.1) is 24.0 Å². The number of halogens is 1. The van der Waals surface area contributed by atoms with Gasteiger partial charge in [-0.1, -0.05) is 6.07 Å². The van der Waals surface area contributed by atoms with E-state index in [0.29, 0.717) is 19.7 Å². The first-order valence-corrected chi connectivity index (χ1v) is 9.50. The molecule has 1 aliphatic rings. The number of benzene rings is 1. The lowest BCUT2D eigenvalue weighted by Gasteiger charge is -2.34. The molecule has 0 spiro atoms. The molecule has 1 N–H and O–H groups in total. The van der Waals surface area contributed by atoms with E-state index in [1.54, 1.807) is 14.2 Å². The monoisotopic (exact) mass is 505 g/mol. The number of carbonyl (C=O) groups is 1. The minimum atomic E-state index is -0.118. The molecular weight excluding hydrogens is 473 g/mol. The van der Waals surface area contributed by atoms with Gasteiger partial charge in [0.25, 0.3) is 0 Å². The number of guanidine groups is 1. The quantitative estimate of drug-likeness (QED) is 0.266. The molecule has 2 unspecified atom stereocenters. The zero-order valence-electron chi connectivity index (χ0n) is 17.1. The van der Waals surface area contributed by atoms with Gasteiger partial charge in [-0.3, -0.25) is 9.79 Å². The lowest BCUT2D eigenvalue weighted by atomic mass is 9.98. The molecular formula is C20H32IN3O4. The van der Waals surface area contributed by atoms with Gasteiger partial charge in [-0.25, -0.2) is 0 Å². The Morgan fingerprint density at radius 1 is 1.39 bits per heavy atom. The number of aliphatic imine (C=N–C) groups is 1. The third-order valence-corrected chi connectivity index (χ3v) is 4.48. The van der Waals surface area contributed by atoms with E-state index in [1.807, 2.05) is 38.1 Å². The smallest absolute Gasteiger partial charge is 0.310 e. The van der Waals surface area contributed by atoms with E-state index in [-0.39, 0.29) is 42.0 Å². The second-order valence-electron chi connectivity index (χ2n) is 6.57. The molecule has 1 heterocycles. The zero-order valence-corrected chi connectivity index (χ0v) is 19.5. The lowest BCUT2D eigenvalue weighted by Crippen LogP contribution is -2.49. The fraction of sp³-hybridized carbons (Fsp3) is 0.600. The van der Waals surface area contributed by atoms with Crippen LogP contribution in [0.1, 0.15) is 26.7 Å². The van der Waals surface area contributed by atoms with Crippen LogP contribution in [-0.4, -0.2) is 63.3 Å². The van der Waals surface area contributed by atoms with Crippen LogP contribution in [0.5, 0.6) is 11.5 Å². The number of likely N-dealkylation sites (tertiary alicyclic amines) is 1. The molecule has 0 bridgehead atoms. The SMILES string of the molecule is CCOC(=O)C1CCCN(C(=NC)NCC(C)Oc2cccc(OC)c2)C1.I. The van der Waals surface area contributed by atoms with E-state index in [0.717, 1.165) is 36.8 Å². The fourth-order valence-corrected chi connectivity index (χ4v) is 3.14. The van der Waals surface area contributed by atoms with Crippen molar-refractivity contribution in [2.75, 3.05) is 40.4 Å². The molecule has 0 aliphatic carbocycles. The number of hydrogen-bond acceptors (Lipinski definition) is 5. The molecule has 28 heavy (non-hydrogen) atoms. The minimum Gasteiger partial charge on any atom is -0.497 e. The van der Waals surface area contributed by atoms with Crippen molar-refractivity contribution in [3.63, 3.8) is 0 Å². The zero-order chi connectivity index (χ0) is 19.6. The van der Waals surface area contributed by atoms with Crippen molar-refractivity contribution in [2.45, 2.75) is 32.8 Å². The molecule has 8 heteroatoms. The highest BCUT2D eigenvalue weighted by Gasteiger charge is 2.28. The third kappa shape index (κ3) is 7.37.